The Morgan fingerprint density at radius 2 is 2.22 bits per heavy atom. The van der Waals surface area contributed by atoms with Gasteiger partial charge in [0, 0.05) is 30.6 Å². The molecule has 0 spiro atoms. The van der Waals surface area contributed by atoms with Gasteiger partial charge in [-0.25, -0.2) is 4.98 Å². The molecule has 1 aliphatic carbocycles. The average molecular weight is 268 g/mol. The smallest absolute Gasteiger partial charge is 0.0941 e. The van der Waals surface area contributed by atoms with Crippen molar-refractivity contribution in [3.05, 3.63) is 16.6 Å². The number of rotatable bonds is 6. The predicted octanol–water partition coefficient (Wildman–Crippen LogP) is 3.00. The SMILES string of the molecule is CCOC(C(N)Cc1nccs1)C1CCCCC1. The summed E-state index contributed by atoms with van der Waals surface area (Å²) in [5.74, 6) is 0.647. The van der Waals surface area contributed by atoms with Gasteiger partial charge in [0.2, 0.25) is 0 Å². The van der Waals surface area contributed by atoms with Gasteiger partial charge in [-0.2, -0.15) is 0 Å². The Balaban J connectivity index is 1.94. The molecule has 0 aromatic carbocycles. The summed E-state index contributed by atoms with van der Waals surface area (Å²) in [5, 5.41) is 3.14. The predicted molar refractivity (Wildman–Crippen MR) is 75.8 cm³/mol. The van der Waals surface area contributed by atoms with Gasteiger partial charge in [-0.1, -0.05) is 19.3 Å². The molecule has 1 fully saturated rings. The molecule has 18 heavy (non-hydrogen) atoms. The molecule has 2 N–H and O–H groups in total. The summed E-state index contributed by atoms with van der Waals surface area (Å²) < 4.78 is 5.94. The molecule has 102 valence electrons. The van der Waals surface area contributed by atoms with Crippen LogP contribution in [0.4, 0.5) is 0 Å². The standard InChI is InChI=1S/C14H24N2OS/c1-2-17-14(11-6-4-3-5-7-11)12(15)10-13-16-8-9-18-13/h8-9,11-12,14H,2-7,10,15H2,1H3. The fourth-order valence-corrected chi connectivity index (χ4v) is 3.63. The molecule has 1 aromatic rings. The van der Waals surface area contributed by atoms with Crippen molar-refractivity contribution in [3.63, 3.8) is 0 Å². The van der Waals surface area contributed by atoms with Crippen molar-refractivity contribution in [1.29, 1.82) is 0 Å². The third-order valence-electron chi connectivity index (χ3n) is 3.79. The summed E-state index contributed by atoms with van der Waals surface area (Å²) >= 11 is 1.69. The topological polar surface area (TPSA) is 48.1 Å². The monoisotopic (exact) mass is 268 g/mol. The summed E-state index contributed by atoms with van der Waals surface area (Å²) in [4.78, 5) is 4.33. The summed E-state index contributed by atoms with van der Waals surface area (Å²) in [7, 11) is 0. The van der Waals surface area contributed by atoms with Gasteiger partial charge >= 0.3 is 0 Å². The van der Waals surface area contributed by atoms with E-state index in [1.165, 1.54) is 32.1 Å². The summed E-state index contributed by atoms with van der Waals surface area (Å²) in [6.45, 7) is 2.82. The van der Waals surface area contributed by atoms with Gasteiger partial charge in [0.1, 0.15) is 0 Å². The molecule has 2 unspecified atom stereocenters. The molecule has 2 rings (SSSR count). The molecule has 1 saturated carbocycles. The maximum Gasteiger partial charge on any atom is 0.0941 e. The van der Waals surface area contributed by atoms with Crippen molar-refractivity contribution in [3.8, 4) is 0 Å². The van der Waals surface area contributed by atoms with E-state index in [9.17, 15) is 0 Å². The number of hydrogen-bond acceptors (Lipinski definition) is 4. The highest BCUT2D eigenvalue weighted by atomic mass is 32.1. The fraction of sp³-hybridized carbons (Fsp3) is 0.786. The highest BCUT2D eigenvalue weighted by Gasteiger charge is 2.29. The highest BCUT2D eigenvalue weighted by Crippen LogP contribution is 2.30. The molecular formula is C14H24N2OS. The zero-order chi connectivity index (χ0) is 12.8. The van der Waals surface area contributed by atoms with E-state index >= 15 is 0 Å². The first-order valence-corrected chi connectivity index (χ1v) is 7.94. The van der Waals surface area contributed by atoms with E-state index < -0.39 is 0 Å². The lowest BCUT2D eigenvalue weighted by Gasteiger charge is -2.33. The first kappa shape index (κ1) is 14.0. The van der Waals surface area contributed by atoms with Crippen molar-refractivity contribution in [1.82, 2.24) is 4.98 Å². The molecule has 2 atom stereocenters. The number of nitrogens with zero attached hydrogens (tertiary/aromatic N) is 1. The van der Waals surface area contributed by atoms with Gasteiger partial charge in [-0.3, -0.25) is 0 Å². The number of ether oxygens (including phenoxy) is 1. The molecule has 3 nitrogen and oxygen atoms in total. The minimum Gasteiger partial charge on any atom is -0.377 e. The van der Waals surface area contributed by atoms with Crippen molar-refractivity contribution >= 4 is 11.3 Å². The minimum atomic E-state index is 0.0826. The van der Waals surface area contributed by atoms with E-state index in [0.29, 0.717) is 5.92 Å². The number of nitrogens with two attached hydrogens (primary N) is 1. The molecule has 1 aliphatic rings. The molecule has 0 aliphatic heterocycles. The van der Waals surface area contributed by atoms with Gasteiger partial charge in [-0.05, 0) is 25.7 Å². The third-order valence-corrected chi connectivity index (χ3v) is 4.59. The zero-order valence-corrected chi connectivity index (χ0v) is 12.0. The lowest BCUT2D eigenvalue weighted by molar-refractivity contribution is -0.00913. The Labute approximate surface area is 114 Å². The van der Waals surface area contributed by atoms with Crippen LogP contribution in [0.2, 0.25) is 0 Å². The van der Waals surface area contributed by atoms with E-state index in [4.69, 9.17) is 10.5 Å². The van der Waals surface area contributed by atoms with Gasteiger partial charge in [-0.15, -0.1) is 11.3 Å². The Morgan fingerprint density at radius 3 is 2.83 bits per heavy atom. The lowest BCUT2D eigenvalue weighted by Crippen LogP contribution is -2.44. The van der Waals surface area contributed by atoms with Crippen molar-refractivity contribution in [2.45, 2.75) is 57.6 Å². The van der Waals surface area contributed by atoms with Crippen LogP contribution in [0.5, 0.6) is 0 Å². The normalized spacial score (nSPS) is 20.8. The molecule has 4 heteroatoms. The number of aromatic nitrogens is 1. The van der Waals surface area contributed by atoms with Crippen LogP contribution in [0.25, 0.3) is 0 Å². The third kappa shape index (κ3) is 3.77. The molecule has 1 aromatic heterocycles. The van der Waals surface area contributed by atoms with E-state index in [-0.39, 0.29) is 12.1 Å². The fourth-order valence-electron chi connectivity index (χ4n) is 2.94. The number of hydrogen-bond donors (Lipinski definition) is 1. The summed E-state index contributed by atoms with van der Waals surface area (Å²) in [5.41, 5.74) is 6.37. The maximum absolute atomic E-state index is 6.37. The van der Waals surface area contributed by atoms with E-state index in [2.05, 4.69) is 11.9 Å². The van der Waals surface area contributed by atoms with Crippen LogP contribution in [-0.2, 0) is 11.2 Å². The Kier molecular flexibility index (Phi) is 5.60. The molecule has 1 heterocycles. The Morgan fingerprint density at radius 1 is 1.44 bits per heavy atom. The van der Waals surface area contributed by atoms with Crippen molar-refractivity contribution in [2.75, 3.05) is 6.61 Å². The maximum atomic E-state index is 6.37. The first-order valence-electron chi connectivity index (χ1n) is 7.06. The van der Waals surface area contributed by atoms with E-state index in [0.717, 1.165) is 18.0 Å². The molecule has 0 saturated heterocycles. The quantitative estimate of drug-likeness (QED) is 0.863. The molecule has 0 bridgehead atoms. The molecule has 0 amide bonds. The van der Waals surface area contributed by atoms with Crippen LogP contribution in [-0.4, -0.2) is 23.7 Å². The minimum absolute atomic E-state index is 0.0826. The number of thiazole rings is 1. The van der Waals surface area contributed by atoms with Crippen LogP contribution in [0, 0.1) is 5.92 Å². The zero-order valence-electron chi connectivity index (χ0n) is 11.2. The van der Waals surface area contributed by atoms with Crippen LogP contribution < -0.4 is 5.73 Å². The largest absolute Gasteiger partial charge is 0.377 e. The molecular weight excluding hydrogens is 244 g/mol. The van der Waals surface area contributed by atoms with Gasteiger partial charge in [0.25, 0.3) is 0 Å². The highest BCUT2D eigenvalue weighted by molar-refractivity contribution is 7.09. The van der Waals surface area contributed by atoms with Gasteiger partial charge in [0.05, 0.1) is 11.1 Å². The van der Waals surface area contributed by atoms with Gasteiger partial charge < -0.3 is 10.5 Å². The second-order valence-corrected chi connectivity index (χ2v) is 6.09. The Hall–Kier alpha value is -0.450. The second-order valence-electron chi connectivity index (χ2n) is 5.11. The first-order chi connectivity index (χ1) is 8.81. The molecule has 0 radical (unpaired) electrons. The van der Waals surface area contributed by atoms with E-state index in [1.807, 2.05) is 11.6 Å². The van der Waals surface area contributed by atoms with Crippen LogP contribution in [0.1, 0.15) is 44.0 Å². The van der Waals surface area contributed by atoms with E-state index in [1.54, 1.807) is 11.3 Å². The van der Waals surface area contributed by atoms with Crippen LogP contribution in [0.3, 0.4) is 0 Å². The average Bonchev–Trinajstić information content (AvgIpc) is 2.89. The van der Waals surface area contributed by atoms with Gasteiger partial charge in [0.15, 0.2) is 0 Å². The second kappa shape index (κ2) is 7.22. The lowest BCUT2D eigenvalue weighted by atomic mass is 9.82. The van der Waals surface area contributed by atoms with Crippen molar-refractivity contribution < 1.29 is 4.74 Å². The summed E-state index contributed by atoms with van der Waals surface area (Å²) in [6.07, 6.45) is 9.49. The van der Waals surface area contributed by atoms with Crippen LogP contribution in [0.15, 0.2) is 11.6 Å². The summed E-state index contributed by atoms with van der Waals surface area (Å²) in [6, 6.07) is 0.0826. The Bertz CT molecular complexity index is 323. The van der Waals surface area contributed by atoms with Crippen molar-refractivity contribution in [2.24, 2.45) is 11.7 Å². The van der Waals surface area contributed by atoms with Crippen LogP contribution >= 0.6 is 11.3 Å².